The van der Waals surface area contributed by atoms with E-state index in [4.69, 9.17) is 10.3 Å². The number of aryl methyl sites for hydroxylation is 2. The normalized spacial score (nSPS) is 12.2. The van der Waals surface area contributed by atoms with Crippen molar-refractivity contribution in [3.05, 3.63) is 107 Å². The van der Waals surface area contributed by atoms with Gasteiger partial charge in [0.05, 0.1) is 23.6 Å². The fourth-order valence-electron chi connectivity index (χ4n) is 5.02. The largest absolute Gasteiger partial charge is 0.288 e. The molecule has 36 heavy (non-hydrogen) atoms. The van der Waals surface area contributed by atoms with Crippen LogP contribution in [0.15, 0.2) is 85.1 Å². The minimum absolute atomic E-state index is 0.406. The van der Waals surface area contributed by atoms with E-state index in [-0.39, 0.29) is 0 Å². The van der Waals surface area contributed by atoms with Gasteiger partial charge in [0.2, 0.25) is 0 Å². The zero-order chi connectivity index (χ0) is 24.6. The first-order valence-corrected chi connectivity index (χ1v) is 11.9. The topological polar surface area (TPSA) is 85.0 Å². The third kappa shape index (κ3) is 3.89. The quantitative estimate of drug-likeness (QED) is 0.280. The summed E-state index contributed by atoms with van der Waals surface area (Å²) in [4.78, 5) is 11.8. The van der Waals surface area contributed by atoms with E-state index in [2.05, 4.69) is 64.5 Å². The van der Waals surface area contributed by atoms with Gasteiger partial charge in [-0.25, -0.2) is 5.48 Å². The van der Waals surface area contributed by atoms with Crippen molar-refractivity contribution < 1.29 is 10.0 Å². The highest BCUT2D eigenvalue weighted by atomic mass is 16.5. The molecule has 0 saturated heterocycles. The van der Waals surface area contributed by atoms with E-state index in [1.54, 1.807) is 23.7 Å². The number of hydroxylamine groups is 1. The third-order valence-electron chi connectivity index (χ3n) is 6.72. The molecule has 2 N–H and O–H groups in total. The number of benzene rings is 3. The summed E-state index contributed by atoms with van der Waals surface area (Å²) in [5, 5.41) is 18.7. The highest BCUT2D eigenvalue weighted by molar-refractivity contribution is 5.94. The average molecular weight is 476 g/mol. The Kier molecular flexibility index (Phi) is 5.47. The minimum Gasteiger partial charge on any atom is -0.288 e. The number of amides is 1. The van der Waals surface area contributed by atoms with Gasteiger partial charge >= 0.3 is 0 Å². The lowest BCUT2D eigenvalue weighted by Gasteiger charge is -2.14. The molecule has 0 fully saturated rings. The van der Waals surface area contributed by atoms with Crippen LogP contribution in [0, 0.1) is 0 Å². The molecule has 2 aromatic heterocycles. The number of carbonyl (C=O) groups is 1. The number of hydrogen-bond donors (Lipinski definition) is 2. The van der Waals surface area contributed by atoms with Crippen LogP contribution >= 0.6 is 0 Å². The van der Waals surface area contributed by atoms with Gasteiger partial charge in [0, 0.05) is 35.5 Å². The van der Waals surface area contributed by atoms with Crippen molar-refractivity contribution >= 4 is 5.91 Å². The molecule has 1 aliphatic carbocycles. The molecule has 2 heterocycles. The molecule has 178 valence electrons. The number of fused-ring (bicyclic) bond motifs is 3. The Morgan fingerprint density at radius 1 is 0.917 bits per heavy atom. The van der Waals surface area contributed by atoms with Gasteiger partial charge in [0.1, 0.15) is 0 Å². The molecule has 6 rings (SSSR count). The van der Waals surface area contributed by atoms with Crippen molar-refractivity contribution in [1.82, 2.24) is 25.0 Å². The second-order valence-electron chi connectivity index (χ2n) is 9.08. The van der Waals surface area contributed by atoms with Gasteiger partial charge < -0.3 is 0 Å². The number of nitrogens with one attached hydrogen (secondary N) is 1. The van der Waals surface area contributed by atoms with E-state index < -0.39 is 5.91 Å². The summed E-state index contributed by atoms with van der Waals surface area (Å²) < 4.78 is 4.00. The molecule has 1 amide bonds. The van der Waals surface area contributed by atoms with Crippen LogP contribution in [0.2, 0.25) is 0 Å². The lowest BCUT2D eigenvalue weighted by molar-refractivity contribution is 0.0706. The Bertz CT molecular complexity index is 1570. The molecule has 1 aliphatic rings. The predicted molar refractivity (Wildman–Crippen MR) is 138 cm³/mol. The van der Waals surface area contributed by atoms with E-state index in [1.165, 1.54) is 5.56 Å². The van der Waals surface area contributed by atoms with Crippen LogP contribution in [0.5, 0.6) is 0 Å². The first kappa shape index (κ1) is 22.0. The van der Waals surface area contributed by atoms with E-state index in [0.29, 0.717) is 12.1 Å². The van der Waals surface area contributed by atoms with E-state index in [1.807, 2.05) is 23.9 Å². The first-order chi connectivity index (χ1) is 17.6. The number of rotatable bonds is 5. The van der Waals surface area contributed by atoms with Crippen LogP contribution in [0.3, 0.4) is 0 Å². The predicted octanol–water partition coefficient (Wildman–Crippen LogP) is 4.88. The molecular formula is C29H25N5O2. The van der Waals surface area contributed by atoms with Crippen LogP contribution in [0.25, 0.3) is 33.6 Å². The van der Waals surface area contributed by atoms with Crippen molar-refractivity contribution in [2.75, 3.05) is 0 Å². The molecule has 0 aliphatic heterocycles. The molecule has 7 heteroatoms. The Morgan fingerprint density at radius 2 is 1.69 bits per heavy atom. The van der Waals surface area contributed by atoms with Gasteiger partial charge in [0.15, 0.2) is 0 Å². The summed E-state index contributed by atoms with van der Waals surface area (Å²) >= 11 is 0. The van der Waals surface area contributed by atoms with Crippen LogP contribution in [0.4, 0.5) is 0 Å². The van der Waals surface area contributed by atoms with Gasteiger partial charge in [0.25, 0.3) is 5.91 Å². The van der Waals surface area contributed by atoms with Gasteiger partial charge in [-0.15, -0.1) is 0 Å². The number of hydrogen-bond acceptors (Lipinski definition) is 4. The van der Waals surface area contributed by atoms with E-state index >= 15 is 0 Å². The highest BCUT2D eigenvalue weighted by Crippen LogP contribution is 2.38. The Labute approximate surface area is 208 Å². The van der Waals surface area contributed by atoms with Crippen molar-refractivity contribution in [3.8, 4) is 33.6 Å². The maximum absolute atomic E-state index is 11.8. The molecule has 5 aromatic rings. The SMILES string of the molecule is Cn1cc2c(n1)CCc1c(-c3ccccc3)nn(Cc3ccc(-c4cccc(C(=O)NO)c4)cc3)c1-2. The molecule has 0 radical (unpaired) electrons. The maximum Gasteiger partial charge on any atom is 0.274 e. The van der Waals surface area contributed by atoms with Crippen molar-refractivity contribution in [2.45, 2.75) is 19.4 Å². The zero-order valence-electron chi connectivity index (χ0n) is 19.8. The van der Waals surface area contributed by atoms with Gasteiger partial charge in [-0.05, 0) is 41.7 Å². The van der Waals surface area contributed by atoms with Crippen molar-refractivity contribution in [1.29, 1.82) is 0 Å². The number of carbonyl (C=O) groups excluding carboxylic acids is 1. The lowest BCUT2D eigenvalue weighted by Crippen LogP contribution is -2.18. The summed E-state index contributed by atoms with van der Waals surface area (Å²) in [6, 6.07) is 25.8. The number of aromatic nitrogens is 4. The summed E-state index contributed by atoms with van der Waals surface area (Å²) in [5.41, 5.74) is 12.0. The minimum atomic E-state index is -0.527. The summed E-state index contributed by atoms with van der Waals surface area (Å²) in [6.07, 6.45) is 3.93. The molecule has 0 spiro atoms. The second-order valence-corrected chi connectivity index (χ2v) is 9.08. The fraction of sp³-hybridized carbons (Fsp3) is 0.138. The molecular weight excluding hydrogens is 450 g/mol. The third-order valence-corrected chi connectivity index (χ3v) is 6.72. The summed E-state index contributed by atoms with van der Waals surface area (Å²) in [7, 11) is 1.97. The lowest BCUT2D eigenvalue weighted by atomic mass is 9.92. The van der Waals surface area contributed by atoms with Crippen LogP contribution in [-0.2, 0) is 26.4 Å². The Balaban J connectivity index is 1.36. The first-order valence-electron chi connectivity index (χ1n) is 11.9. The number of nitrogens with zero attached hydrogens (tertiary/aromatic N) is 4. The van der Waals surface area contributed by atoms with Crippen LogP contribution in [0.1, 0.15) is 27.2 Å². The van der Waals surface area contributed by atoms with Gasteiger partial charge in [-0.3, -0.25) is 19.4 Å². The Morgan fingerprint density at radius 3 is 2.47 bits per heavy atom. The molecule has 0 unspecified atom stereocenters. The molecule has 7 nitrogen and oxygen atoms in total. The van der Waals surface area contributed by atoms with Gasteiger partial charge in [-0.1, -0.05) is 66.7 Å². The van der Waals surface area contributed by atoms with Crippen molar-refractivity contribution in [2.24, 2.45) is 7.05 Å². The van der Waals surface area contributed by atoms with E-state index in [0.717, 1.165) is 57.7 Å². The maximum atomic E-state index is 11.8. The highest BCUT2D eigenvalue weighted by Gasteiger charge is 2.28. The van der Waals surface area contributed by atoms with Crippen LogP contribution < -0.4 is 5.48 Å². The smallest absolute Gasteiger partial charge is 0.274 e. The monoisotopic (exact) mass is 475 g/mol. The summed E-state index contributed by atoms with van der Waals surface area (Å²) in [5.74, 6) is -0.527. The standard InChI is InChI=1S/C29H25N5O2/c1-33-18-25-26(30-33)15-14-24-27(21-6-3-2-4-7-21)31-34(28(24)25)17-19-10-12-20(13-11-19)22-8-5-9-23(16-22)29(35)32-36/h2-13,16,18,36H,14-15,17H2,1H3,(H,32,35). The van der Waals surface area contributed by atoms with Crippen molar-refractivity contribution in [3.63, 3.8) is 0 Å². The zero-order valence-corrected chi connectivity index (χ0v) is 19.8. The summed E-state index contributed by atoms with van der Waals surface area (Å²) in [6.45, 7) is 0.636. The molecule has 0 saturated carbocycles. The second kappa shape index (κ2) is 8.94. The molecule has 0 bridgehead atoms. The Hall–Kier alpha value is -4.49. The van der Waals surface area contributed by atoms with E-state index in [9.17, 15) is 4.79 Å². The molecule has 3 aromatic carbocycles. The van der Waals surface area contributed by atoms with Crippen LogP contribution in [-0.4, -0.2) is 30.7 Å². The molecule has 0 atom stereocenters. The van der Waals surface area contributed by atoms with Gasteiger partial charge in [-0.2, -0.15) is 10.2 Å². The average Bonchev–Trinajstić information content (AvgIpc) is 3.48. The fourth-order valence-corrected chi connectivity index (χ4v) is 5.02.